The van der Waals surface area contributed by atoms with Crippen molar-refractivity contribution in [3.8, 4) is 0 Å². The summed E-state index contributed by atoms with van der Waals surface area (Å²) in [4.78, 5) is 9.44. The van der Waals surface area contributed by atoms with E-state index >= 15 is 0 Å². The molecule has 0 aliphatic carbocycles. The van der Waals surface area contributed by atoms with Crippen molar-refractivity contribution in [3.63, 3.8) is 0 Å². The number of aryl methyl sites for hydroxylation is 2. The largest absolute Gasteiger partial charge is 0.304 e. The van der Waals surface area contributed by atoms with Crippen LogP contribution in [0.15, 0.2) is 48.5 Å². The Hall–Kier alpha value is -1.14. The van der Waals surface area contributed by atoms with Gasteiger partial charge in [-0.2, -0.15) is 0 Å². The summed E-state index contributed by atoms with van der Waals surface area (Å²) in [7, 11) is 8.69. The molecular formula is C28H46Cl2N4. The molecule has 4 rings (SSSR count). The first-order valence-electron chi connectivity index (χ1n) is 12.5. The lowest BCUT2D eigenvalue weighted by atomic mass is 10.2. The summed E-state index contributed by atoms with van der Waals surface area (Å²) in [6, 6.07) is 15.8. The standard InChI is InChI=1S/2C8H9Cl.2C6H14N2/c1-2-7-3-5-8(9)6-4-7;1-2-7-5-3-4-6-8(7)9;2*1-7-3-5-8(2)6-4-7/h2*3-6H,2H2,1H3;2*3-6H2,1-2H3. The van der Waals surface area contributed by atoms with Crippen molar-refractivity contribution in [1.82, 2.24) is 19.6 Å². The number of benzene rings is 2. The summed E-state index contributed by atoms with van der Waals surface area (Å²) >= 11 is 11.5. The van der Waals surface area contributed by atoms with Crippen molar-refractivity contribution in [2.45, 2.75) is 26.7 Å². The number of likely N-dealkylation sites (N-methyl/N-ethyl adjacent to an activating group) is 4. The minimum Gasteiger partial charge on any atom is -0.304 e. The molecule has 2 fully saturated rings. The van der Waals surface area contributed by atoms with Crippen molar-refractivity contribution in [2.24, 2.45) is 0 Å². The molecular weight excluding hydrogens is 463 g/mol. The molecule has 0 atom stereocenters. The molecule has 0 unspecified atom stereocenters. The Morgan fingerprint density at radius 2 is 0.941 bits per heavy atom. The van der Waals surface area contributed by atoms with Crippen LogP contribution in [0.25, 0.3) is 0 Å². The topological polar surface area (TPSA) is 13.0 Å². The first kappa shape index (κ1) is 30.9. The van der Waals surface area contributed by atoms with Crippen molar-refractivity contribution >= 4 is 23.2 Å². The second-order valence-corrected chi connectivity index (χ2v) is 9.98. The van der Waals surface area contributed by atoms with E-state index in [2.05, 4.69) is 61.6 Å². The maximum absolute atomic E-state index is 5.82. The van der Waals surface area contributed by atoms with Crippen molar-refractivity contribution in [2.75, 3.05) is 80.5 Å². The third-order valence-corrected chi connectivity index (χ3v) is 6.73. The van der Waals surface area contributed by atoms with Crippen LogP contribution in [0.5, 0.6) is 0 Å². The van der Waals surface area contributed by atoms with Gasteiger partial charge < -0.3 is 19.6 Å². The molecule has 2 aromatic rings. The molecule has 2 aliphatic heterocycles. The fourth-order valence-corrected chi connectivity index (χ4v) is 3.71. The third-order valence-electron chi connectivity index (χ3n) is 6.11. The molecule has 192 valence electrons. The molecule has 6 heteroatoms. The Balaban J connectivity index is 0.000000227. The molecule has 2 heterocycles. The summed E-state index contributed by atoms with van der Waals surface area (Å²) < 4.78 is 0. The molecule has 2 saturated heterocycles. The fourth-order valence-electron chi connectivity index (χ4n) is 3.32. The van der Waals surface area contributed by atoms with Crippen molar-refractivity contribution < 1.29 is 0 Å². The molecule has 0 spiro atoms. The molecule has 0 saturated carbocycles. The maximum Gasteiger partial charge on any atom is 0.0437 e. The minimum atomic E-state index is 0.812. The SMILES string of the molecule is CCc1ccc(Cl)cc1.CCc1ccccc1Cl.CN1CCN(C)CC1.CN1CCN(C)CC1. The van der Waals surface area contributed by atoms with E-state index in [-0.39, 0.29) is 0 Å². The van der Waals surface area contributed by atoms with E-state index in [4.69, 9.17) is 23.2 Å². The minimum absolute atomic E-state index is 0.812. The Kier molecular flexibility index (Phi) is 16.5. The molecule has 2 aromatic carbocycles. The monoisotopic (exact) mass is 508 g/mol. The van der Waals surface area contributed by atoms with E-state index in [1.165, 1.54) is 63.5 Å². The molecule has 0 aromatic heterocycles. The smallest absolute Gasteiger partial charge is 0.0437 e. The van der Waals surface area contributed by atoms with Gasteiger partial charge in [-0.25, -0.2) is 0 Å². The van der Waals surface area contributed by atoms with Gasteiger partial charge in [0, 0.05) is 62.4 Å². The molecule has 4 nitrogen and oxygen atoms in total. The quantitative estimate of drug-likeness (QED) is 0.528. The molecule has 0 amide bonds. The average molecular weight is 510 g/mol. The zero-order valence-electron chi connectivity index (χ0n) is 22.2. The van der Waals surface area contributed by atoms with Gasteiger partial charge in [-0.3, -0.25) is 0 Å². The normalized spacial score (nSPS) is 17.4. The third kappa shape index (κ3) is 14.3. The number of hydrogen-bond donors (Lipinski definition) is 0. The van der Waals surface area contributed by atoms with E-state index in [0.29, 0.717) is 0 Å². The highest BCUT2D eigenvalue weighted by atomic mass is 35.5. The second-order valence-electron chi connectivity index (χ2n) is 9.14. The van der Waals surface area contributed by atoms with E-state index in [9.17, 15) is 0 Å². The highest BCUT2D eigenvalue weighted by Gasteiger charge is 2.08. The van der Waals surface area contributed by atoms with E-state index in [1.807, 2.05) is 48.5 Å². The van der Waals surface area contributed by atoms with Gasteiger partial charge in [0.25, 0.3) is 0 Å². The predicted octanol–water partition coefficient (Wildman–Crippen LogP) is 5.53. The van der Waals surface area contributed by atoms with Crippen LogP contribution >= 0.6 is 23.2 Å². The zero-order valence-corrected chi connectivity index (χ0v) is 23.7. The molecule has 34 heavy (non-hydrogen) atoms. The Morgan fingerprint density at radius 3 is 1.24 bits per heavy atom. The maximum atomic E-state index is 5.82. The number of piperazine rings is 2. The molecule has 0 radical (unpaired) electrons. The van der Waals surface area contributed by atoms with Gasteiger partial charge in [-0.15, -0.1) is 0 Å². The van der Waals surface area contributed by atoms with E-state index in [1.54, 1.807) is 0 Å². The Labute approximate surface area is 219 Å². The fraction of sp³-hybridized carbons (Fsp3) is 0.571. The Morgan fingerprint density at radius 1 is 0.559 bits per heavy atom. The van der Waals surface area contributed by atoms with Gasteiger partial charge in [-0.05, 0) is 70.4 Å². The highest BCUT2D eigenvalue weighted by molar-refractivity contribution is 6.31. The number of halogens is 2. The van der Waals surface area contributed by atoms with Gasteiger partial charge in [0.2, 0.25) is 0 Å². The predicted molar refractivity (Wildman–Crippen MR) is 152 cm³/mol. The van der Waals surface area contributed by atoms with Gasteiger partial charge in [0.05, 0.1) is 0 Å². The molecule has 0 bridgehead atoms. The first-order chi connectivity index (χ1) is 16.2. The van der Waals surface area contributed by atoms with Crippen LogP contribution in [-0.2, 0) is 12.8 Å². The van der Waals surface area contributed by atoms with Crippen molar-refractivity contribution in [3.05, 3.63) is 69.7 Å². The van der Waals surface area contributed by atoms with Gasteiger partial charge in [0.15, 0.2) is 0 Å². The summed E-state index contributed by atoms with van der Waals surface area (Å²) in [6.07, 6.45) is 2.09. The van der Waals surface area contributed by atoms with Crippen LogP contribution in [0, 0.1) is 0 Å². The highest BCUT2D eigenvalue weighted by Crippen LogP contribution is 2.14. The van der Waals surface area contributed by atoms with Crippen LogP contribution in [0.4, 0.5) is 0 Å². The summed E-state index contributed by atoms with van der Waals surface area (Å²) in [5.41, 5.74) is 2.55. The molecule has 2 aliphatic rings. The van der Waals surface area contributed by atoms with Gasteiger partial charge in [0.1, 0.15) is 0 Å². The lowest BCUT2D eigenvalue weighted by Gasteiger charge is -2.28. The van der Waals surface area contributed by atoms with Crippen LogP contribution in [0.3, 0.4) is 0 Å². The summed E-state index contributed by atoms with van der Waals surface area (Å²) in [6.45, 7) is 14.1. The summed E-state index contributed by atoms with van der Waals surface area (Å²) in [5.74, 6) is 0. The second kappa shape index (κ2) is 18.2. The lowest BCUT2D eigenvalue weighted by Crippen LogP contribution is -2.42. The van der Waals surface area contributed by atoms with Crippen LogP contribution in [0.2, 0.25) is 10.0 Å². The number of nitrogens with zero attached hydrogens (tertiary/aromatic N) is 4. The molecule has 0 N–H and O–H groups in total. The lowest BCUT2D eigenvalue weighted by molar-refractivity contribution is 0.181. The van der Waals surface area contributed by atoms with Gasteiger partial charge in [-0.1, -0.05) is 67.4 Å². The average Bonchev–Trinajstić information content (AvgIpc) is 2.85. The first-order valence-corrected chi connectivity index (χ1v) is 13.2. The summed E-state index contributed by atoms with van der Waals surface area (Å²) in [5, 5.41) is 1.69. The van der Waals surface area contributed by atoms with Crippen LogP contribution < -0.4 is 0 Å². The zero-order chi connectivity index (χ0) is 25.3. The van der Waals surface area contributed by atoms with Crippen LogP contribution in [-0.4, -0.2) is 100 Å². The van der Waals surface area contributed by atoms with E-state index < -0.39 is 0 Å². The number of hydrogen-bond acceptors (Lipinski definition) is 4. The number of rotatable bonds is 2. The van der Waals surface area contributed by atoms with Crippen molar-refractivity contribution in [1.29, 1.82) is 0 Å². The van der Waals surface area contributed by atoms with Crippen LogP contribution in [0.1, 0.15) is 25.0 Å². The van der Waals surface area contributed by atoms with Gasteiger partial charge >= 0.3 is 0 Å². The van der Waals surface area contributed by atoms with E-state index in [0.717, 1.165) is 22.9 Å². The Bertz CT molecular complexity index is 713.